The van der Waals surface area contributed by atoms with Crippen molar-refractivity contribution in [3.63, 3.8) is 0 Å². The lowest BCUT2D eigenvalue weighted by Gasteiger charge is -2.39. The number of aliphatic hydroxyl groups excluding tert-OH is 6. The summed E-state index contributed by atoms with van der Waals surface area (Å²) in [7, 11) is 2.88. The van der Waals surface area contributed by atoms with E-state index >= 15 is 0 Å². The predicted molar refractivity (Wildman–Crippen MR) is 131 cm³/mol. The highest BCUT2D eigenvalue weighted by Crippen LogP contribution is 2.36. The van der Waals surface area contributed by atoms with Gasteiger partial charge in [-0.15, -0.1) is 0 Å². The van der Waals surface area contributed by atoms with Gasteiger partial charge in [0.25, 0.3) is 0 Å². The molecule has 3 rings (SSSR count). The second-order valence-corrected chi connectivity index (χ2v) is 8.81. The number of ether oxygens (including phenoxy) is 5. The Kier molecular flexibility index (Phi) is 10.4. The molecule has 0 radical (unpaired) electrons. The van der Waals surface area contributed by atoms with Gasteiger partial charge in [0.15, 0.2) is 29.1 Å². The number of hydrogen-bond acceptors (Lipinski definition) is 11. The maximum Gasteiger partial charge on any atom is 0.229 e. The van der Waals surface area contributed by atoms with Crippen molar-refractivity contribution >= 4 is 0 Å². The van der Waals surface area contributed by atoms with E-state index in [0.29, 0.717) is 29.9 Å². The van der Waals surface area contributed by atoms with Crippen molar-refractivity contribution in [2.45, 2.75) is 62.7 Å². The summed E-state index contributed by atoms with van der Waals surface area (Å²) in [5.74, 6) is 1.12. The maximum absolute atomic E-state index is 11.0. The zero-order chi connectivity index (χ0) is 27.1. The topological polar surface area (TPSA) is 168 Å². The van der Waals surface area contributed by atoms with E-state index in [2.05, 4.69) is 0 Å². The second-order valence-electron chi connectivity index (χ2n) is 8.81. The number of hydrogen-bond donors (Lipinski definition) is 6. The smallest absolute Gasteiger partial charge is 0.229 e. The van der Waals surface area contributed by atoms with Gasteiger partial charge < -0.3 is 54.3 Å². The van der Waals surface area contributed by atoms with Gasteiger partial charge in [-0.2, -0.15) is 0 Å². The maximum atomic E-state index is 11.0. The lowest BCUT2D eigenvalue weighted by Crippen LogP contribution is -2.58. The van der Waals surface area contributed by atoms with Crippen LogP contribution in [-0.2, 0) is 11.2 Å². The monoisotopic (exact) mass is 524 g/mol. The Morgan fingerprint density at radius 2 is 1.54 bits per heavy atom. The fourth-order valence-corrected chi connectivity index (χ4v) is 4.03. The van der Waals surface area contributed by atoms with Crippen LogP contribution >= 0.6 is 0 Å². The molecule has 0 aliphatic carbocycles. The largest absolute Gasteiger partial charge is 0.493 e. The molecule has 2 aromatic rings. The van der Waals surface area contributed by atoms with E-state index in [1.165, 1.54) is 32.4 Å². The van der Waals surface area contributed by atoms with Gasteiger partial charge in [0.1, 0.15) is 24.4 Å². The third kappa shape index (κ3) is 6.82. The summed E-state index contributed by atoms with van der Waals surface area (Å²) in [6, 6.07) is 9.79. The van der Waals surface area contributed by atoms with E-state index in [9.17, 15) is 25.5 Å². The summed E-state index contributed by atoms with van der Waals surface area (Å²) < 4.78 is 27.8. The van der Waals surface area contributed by atoms with E-state index in [-0.39, 0.29) is 18.1 Å². The second kappa shape index (κ2) is 13.2. The molecule has 0 amide bonds. The Bertz CT molecular complexity index is 1000. The third-order valence-corrected chi connectivity index (χ3v) is 6.24. The van der Waals surface area contributed by atoms with Gasteiger partial charge in [-0.05, 0) is 55.2 Å². The minimum atomic E-state index is -1.50. The summed E-state index contributed by atoms with van der Waals surface area (Å²) in [5.41, 5.74) is 1.30. The van der Waals surface area contributed by atoms with E-state index in [0.717, 1.165) is 5.56 Å². The molecule has 1 fully saturated rings. The van der Waals surface area contributed by atoms with E-state index in [1.807, 2.05) is 6.07 Å². The lowest BCUT2D eigenvalue weighted by atomic mass is 10.00. The standard InChI is InChI=1S/C26H36O11/c1-14-22(29)24(31)25(32)26(35-14)37-18-9-7-16(12-20(18)34-3)23(30)21(13-28)36-17-8-6-15(5-4-10-27)11-19(17)33-2/h6-9,11-12,14,21-32H,4-5,10,13H2,1-3H3/t14-,21+,22-,23+,24+,25+,26-/m0/s1. The van der Waals surface area contributed by atoms with Crippen LogP contribution in [0, 0.1) is 0 Å². The molecular formula is C26H36O11. The Labute approximate surface area is 215 Å². The molecule has 0 aromatic heterocycles. The predicted octanol–water partition coefficient (Wildman–Crippen LogP) is 0.308. The van der Waals surface area contributed by atoms with Crippen LogP contribution < -0.4 is 18.9 Å². The van der Waals surface area contributed by atoms with Crippen LogP contribution in [0.5, 0.6) is 23.0 Å². The normalized spacial score (nSPS) is 25.3. The lowest BCUT2D eigenvalue weighted by molar-refractivity contribution is -0.268. The summed E-state index contributed by atoms with van der Waals surface area (Å²) in [4.78, 5) is 0. The number of aryl methyl sites for hydroxylation is 1. The zero-order valence-corrected chi connectivity index (χ0v) is 21.1. The van der Waals surface area contributed by atoms with E-state index in [1.54, 1.807) is 19.1 Å². The molecule has 11 heteroatoms. The molecule has 2 aromatic carbocycles. The number of rotatable bonds is 12. The van der Waals surface area contributed by atoms with Crippen LogP contribution in [0.15, 0.2) is 36.4 Å². The molecule has 0 bridgehead atoms. The average Bonchev–Trinajstić information content (AvgIpc) is 2.92. The average molecular weight is 525 g/mol. The van der Waals surface area contributed by atoms with Crippen molar-refractivity contribution in [1.29, 1.82) is 0 Å². The summed E-state index contributed by atoms with van der Waals surface area (Å²) in [6.07, 6.45) is -7.30. The van der Waals surface area contributed by atoms with Crippen LogP contribution in [-0.4, -0.2) is 94.9 Å². The van der Waals surface area contributed by atoms with Crippen molar-refractivity contribution < 1.29 is 54.3 Å². The van der Waals surface area contributed by atoms with Gasteiger partial charge in [0.05, 0.1) is 26.9 Å². The van der Waals surface area contributed by atoms with Crippen LogP contribution in [0.25, 0.3) is 0 Å². The van der Waals surface area contributed by atoms with Crippen LogP contribution in [0.2, 0.25) is 0 Å². The zero-order valence-electron chi connectivity index (χ0n) is 21.1. The highest BCUT2D eigenvalue weighted by molar-refractivity contribution is 5.45. The minimum absolute atomic E-state index is 0.0745. The van der Waals surface area contributed by atoms with Crippen molar-refractivity contribution in [3.05, 3.63) is 47.5 Å². The number of methoxy groups -OCH3 is 2. The highest BCUT2D eigenvalue weighted by Gasteiger charge is 2.43. The molecule has 206 valence electrons. The molecule has 1 aliphatic rings. The molecule has 0 spiro atoms. The van der Waals surface area contributed by atoms with Gasteiger partial charge in [-0.3, -0.25) is 0 Å². The van der Waals surface area contributed by atoms with Crippen LogP contribution in [0.4, 0.5) is 0 Å². The fourth-order valence-electron chi connectivity index (χ4n) is 4.03. The third-order valence-electron chi connectivity index (χ3n) is 6.24. The molecule has 37 heavy (non-hydrogen) atoms. The quantitative estimate of drug-likeness (QED) is 0.226. The van der Waals surface area contributed by atoms with Gasteiger partial charge >= 0.3 is 0 Å². The Morgan fingerprint density at radius 3 is 2.19 bits per heavy atom. The molecule has 0 unspecified atom stereocenters. The molecule has 1 heterocycles. The molecule has 11 nitrogen and oxygen atoms in total. The van der Waals surface area contributed by atoms with Gasteiger partial charge in [0.2, 0.25) is 6.29 Å². The molecule has 7 atom stereocenters. The number of aliphatic hydroxyl groups is 6. The summed E-state index contributed by atoms with van der Waals surface area (Å²) >= 11 is 0. The van der Waals surface area contributed by atoms with Crippen LogP contribution in [0.3, 0.4) is 0 Å². The SMILES string of the molecule is COc1cc([C@@H](O)[C@@H](CO)Oc2ccc(CCCO)cc2OC)ccc1O[C@@H]1O[C@@H](C)[C@H](O)[C@@H](O)[C@H]1O. The Morgan fingerprint density at radius 1 is 0.865 bits per heavy atom. The van der Waals surface area contributed by atoms with E-state index < -0.39 is 49.5 Å². The van der Waals surface area contributed by atoms with Crippen molar-refractivity contribution in [2.24, 2.45) is 0 Å². The fraction of sp³-hybridized carbons (Fsp3) is 0.538. The van der Waals surface area contributed by atoms with Crippen molar-refractivity contribution in [3.8, 4) is 23.0 Å². The molecule has 0 saturated carbocycles. The van der Waals surface area contributed by atoms with Crippen molar-refractivity contribution in [1.82, 2.24) is 0 Å². The van der Waals surface area contributed by atoms with Crippen molar-refractivity contribution in [2.75, 3.05) is 27.4 Å². The molecule has 1 saturated heterocycles. The first-order valence-electron chi connectivity index (χ1n) is 12.0. The summed E-state index contributed by atoms with van der Waals surface area (Å²) in [6.45, 7) is 1.11. The minimum Gasteiger partial charge on any atom is -0.493 e. The Balaban J connectivity index is 1.76. The first kappa shape index (κ1) is 28.9. The molecule has 1 aliphatic heterocycles. The first-order valence-corrected chi connectivity index (χ1v) is 12.0. The van der Waals surface area contributed by atoms with E-state index in [4.69, 9.17) is 28.8 Å². The highest BCUT2D eigenvalue weighted by atomic mass is 16.7. The summed E-state index contributed by atoms with van der Waals surface area (Å²) in [5, 5.41) is 60.1. The van der Waals surface area contributed by atoms with Gasteiger partial charge in [-0.1, -0.05) is 12.1 Å². The Hall–Kier alpha value is -2.64. The molecule has 6 N–H and O–H groups in total. The van der Waals surface area contributed by atoms with Crippen LogP contribution in [0.1, 0.15) is 30.6 Å². The van der Waals surface area contributed by atoms with Gasteiger partial charge in [0, 0.05) is 6.61 Å². The first-order chi connectivity index (χ1) is 17.7. The number of benzene rings is 2. The van der Waals surface area contributed by atoms with Gasteiger partial charge in [-0.25, -0.2) is 0 Å². The molecular weight excluding hydrogens is 488 g/mol.